The maximum Gasteiger partial charge on any atom is 0.189 e. The second-order valence-corrected chi connectivity index (χ2v) is 4.75. The van der Waals surface area contributed by atoms with Crippen LogP contribution in [0.3, 0.4) is 0 Å². The van der Waals surface area contributed by atoms with Crippen LogP contribution in [0.2, 0.25) is 0 Å². The third kappa shape index (κ3) is 1.88. The molecule has 0 saturated heterocycles. The van der Waals surface area contributed by atoms with Crippen molar-refractivity contribution < 1.29 is 4.79 Å². The first kappa shape index (κ1) is 11.0. The predicted octanol–water partition coefficient (Wildman–Crippen LogP) is 3.82. The summed E-state index contributed by atoms with van der Waals surface area (Å²) in [4.78, 5) is 12.2. The number of hydrogen-bond donors (Lipinski definition) is 0. The molecule has 0 fully saturated rings. The van der Waals surface area contributed by atoms with Crippen molar-refractivity contribution in [2.24, 2.45) is 0 Å². The topological polar surface area (TPSA) is 17.1 Å². The zero-order chi connectivity index (χ0) is 12.5. The number of carbonyl (C=O) groups excluding carboxylic acids is 1. The number of rotatable bonds is 1. The lowest BCUT2D eigenvalue weighted by atomic mass is 10.1. The lowest BCUT2D eigenvalue weighted by Gasteiger charge is -1.96. The van der Waals surface area contributed by atoms with Gasteiger partial charge in [-0.2, -0.15) is 0 Å². The summed E-state index contributed by atoms with van der Waals surface area (Å²) in [5.74, 6) is 0.175. The van der Waals surface area contributed by atoms with Gasteiger partial charge >= 0.3 is 0 Å². The number of fused-ring (bicyclic) bond motifs is 1. The molecule has 1 heteroatoms. The van der Waals surface area contributed by atoms with Gasteiger partial charge in [0.2, 0.25) is 0 Å². The van der Waals surface area contributed by atoms with Gasteiger partial charge in [0, 0.05) is 17.6 Å². The minimum absolute atomic E-state index is 0.175. The van der Waals surface area contributed by atoms with Crippen LogP contribution in [0.25, 0.3) is 6.08 Å². The molecule has 0 amide bonds. The van der Waals surface area contributed by atoms with Crippen molar-refractivity contribution in [3.8, 4) is 0 Å². The van der Waals surface area contributed by atoms with Crippen LogP contribution in [0.1, 0.15) is 27.0 Å². The van der Waals surface area contributed by atoms with Gasteiger partial charge in [-0.3, -0.25) is 4.79 Å². The van der Waals surface area contributed by atoms with Crippen molar-refractivity contribution in [1.29, 1.82) is 0 Å². The monoisotopic (exact) mass is 234 g/mol. The Balaban J connectivity index is 2.00. The smallest absolute Gasteiger partial charge is 0.189 e. The molecule has 0 aliphatic heterocycles. The Kier molecular flexibility index (Phi) is 2.60. The summed E-state index contributed by atoms with van der Waals surface area (Å²) >= 11 is 0. The van der Waals surface area contributed by atoms with Crippen LogP contribution >= 0.6 is 0 Å². The Morgan fingerprint density at radius 3 is 2.61 bits per heavy atom. The first-order chi connectivity index (χ1) is 8.74. The summed E-state index contributed by atoms with van der Waals surface area (Å²) in [6.45, 7) is 2.06. The Hall–Kier alpha value is -2.15. The van der Waals surface area contributed by atoms with Gasteiger partial charge in [-0.25, -0.2) is 0 Å². The van der Waals surface area contributed by atoms with E-state index >= 15 is 0 Å². The normalized spacial score (nSPS) is 16.1. The van der Waals surface area contributed by atoms with Gasteiger partial charge in [0.05, 0.1) is 0 Å². The SMILES string of the molecule is Cc1ccc2c(c1)C/C(=C\c1ccccc1)C2=O. The summed E-state index contributed by atoms with van der Waals surface area (Å²) in [5, 5.41) is 0. The maximum absolute atomic E-state index is 12.2. The van der Waals surface area contributed by atoms with Crippen LogP contribution in [0.15, 0.2) is 54.1 Å². The van der Waals surface area contributed by atoms with Crippen LogP contribution in [0.5, 0.6) is 0 Å². The molecule has 1 aliphatic carbocycles. The summed E-state index contributed by atoms with van der Waals surface area (Å²) < 4.78 is 0. The van der Waals surface area contributed by atoms with Gasteiger partial charge in [-0.05, 0) is 24.1 Å². The third-order valence-corrected chi connectivity index (χ3v) is 3.32. The van der Waals surface area contributed by atoms with Crippen LogP contribution < -0.4 is 0 Å². The summed E-state index contributed by atoms with van der Waals surface area (Å²) in [7, 11) is 0. The van der Waals surface area contributed by atoms with Crippen molar-refractivity contribution in [2.75, 3.05) is 0 Å². The molecule has 1 nitrogen and oxygen atoms in total. The van der Waals surface area contributed by atoms with Crippen LogP contribution in [0, 0.1) is 6.92 Å². The third-order valence-electron chi connectivity index (χ3n) is 3.32. The molecule has 1 aliphatic rings. The molecular formula is C17H14O. The average molecular weight is 234 g/mol. The van der Waals surface area contributed by atoms with E-state index in [4.69, 9.17) is 0 Å². The largest absolute Gasteiger partial charge is 0.289 e. The van der Waals surface area contributed by atoms with E-state index in [2.05, 4.69) is 13.0 Å². The second-order valence-electron chi connectivity index (χ2n) is 4.75. The molecule has 0 aromatic heterocycles. The summed E-state index contributed by atoms with van der Waals surface area (Å²) in [6.07, 6.45) is 2.75. The van der Waals surface area contributed by atoms with E-state index < -0.39 is 0 Å². The highest BCUT2D eigenvalue weighted by Gasteiger charge is 2.24. The quantitative estimate of drug-likeness (QED) is 0.685. The fraction of sp³-hybridized carbons (Fsp3) is 0.118. The Morgan fingerprint density at radius 1 is 1.06 bits per heavy atom. The summed E-state index contributed by atoms with van der Waals surface area (Å²) in [6, 6.07) is 16.1. The highest BCUT2D eigenvalue weighted by molar-refractivity contribution is 6.15. The van der Waals surface area contributed by atoms with Crippen molar-refractivity contribution in [2.45, 2.75) is 13.3 Å². The molecular weight excluding hydrogens is 220 g/mol. The van der Waals surface area contributed by atoms with Gasteiger partial charge in [-0.15, -0.1) is 0 Å². The predicted molar refractivity (Wildman–Crippen MR) is 73.6 cm³/mol. The Bertz CT molecular complexity index is 636. The number of Topliss-reactive ketones (excluding diaryl/α,β-unsaturated/α-hetero) is 1. The standard InChI is InChI=1S/C17H14O/c1-12-7-8-16-14(9-12)11-15(17(16)18)10-13-5-3-2-4-6-13/h2-10H,11H2,1H3/b15-10+. The van der Waals surface area contributed by atoms with Crippen LogP contribution in [-0.2, 0) is 6.42 Å². The number of ketones is 1. The Labute approximate surface area is 107 Å². The second kappa shape index (κ2) is 4.26. The van der Waals surface area contributed by atoms with Gasteiger partial charge in [-0.1, -0.05) is 54.1 Å². The molecule has 0 N–H and O–H groups in total. The van der Waals surface area contributed by atoms with Gasteiger partial charge in [0.25, 0.3) is 0 Å². The highest BCUT2D eigenvalue weighted by Crippen LogP contribution is 2.28. The number of benzene rings is 2. The molecule has 0 radical (unpaired) electrons. The highest BCUT2D eigenvalue weighted by atomic mass is 16.1. The summed E-state index contributed by atoms with van der Waals surface area (Å²) in [5.41, 5.74) is 5.21. The maximum atomic E-state index is 12.2. The molecule has 2 aromatic rings. The zero-order valence-corrected chi connectivity index (χ0v) is 10.3. The first-order valence-corrected chi connectivity index (χ1v) is 6.14. The van der Waals surface area contributed by atoms with Crippen LogP contribution in [-0.4, -0.2) is 5.78 Å². The molecule has 0 spiro atoms. The van der Waals surface area contributed by atoms with Gasteiger partial charge in [0.1, 0.15) is 0 Å². The number of carbonyl (C=O) groups is 1. The number of hydrogen-bond acceptors (Lipinski definition) is 1. The average Bonchev–Trinajstić information content (AvgIpc) is 2.67. The van der Waals surface area contributed by atoms with Crippen molar-refractivity contribution in [3.63, 3.8) is 0 Å². The molecule has 18 heavy (non-hydrogen) atoms. The number of allylic oxidation sites excluding steroid dienone is 1. The van der Waals surface area contributed by atoms with E-state index in [1.807, 2.05) is 48.5 Å². The van der Waals surface area contributed by atoms with E-state index in [0.29, 0.717) is 0 Å². The zero-order valence-electron chi connectivity index (χ0n) is 10.3. The lowest BCUT2D eigenvalue weighted by molar-refractivity contribution is 0.104. The van der Waals surface area contributed by atoms with E-state index in [1.54, 1.807) is 0 Å². The minimum Gasteiger partial charge on any atom is -0.289 e. The Morgan fingerprint density at radius 2 is 1.83 bits per heavy atom. The molecule has 3 rings (SSSR count). The van der Waals surface area contributed by atoms with Gasteiger partial charge < -0.3 is 0 Å². The van der Waals surface area contributed by atoms with E-state index in [0.717, 1.165) is 28.7 Å². The van der Waals surface area contributed by atoms with E-state index in [-0.39, 0.29) is 5.78 Å². The molecule has 88 valence electrons. The van der Waals surface area contributed by atoms with Crippen molar-refractivity contribution in [1.82, 2.24) is 0 Å². The molecule has 2 aromatic carbocycles. The van der Waals surface area contributed by atoms with E-state index in [9.17, 15) is 4.79 Å². The minimum atomic E-state index is 0.175. The van der Waals surface area contributed by atoms with Crippen molar-refractivity contribution >= 4 is 11.9 Å². The molecule has 0 bridgehead atoms. The lowest BCUT2D eigenvalue weighted by Crippen LogP contribution is -1.95. The molecule has 0 unspecified atom stereocenters. The molecule has 0 heterocycles. The fourth-order valence-corrected chi connectivity index (χ4v) is 2.42. The number of aryl methyl sites for hydroxylation is 1. The van der Waals surface area contributed by atoms with E-state index in [1.165, 1.54) is 5.56 Å². The molecule has 0 atom stereocenters. The van der Waals surface area contributed by atoms with Crippen LogP contribution in [0.4, 0.5) is 0 Å². The fourth-order valence-electron chi connectivity index (χ4n) is 2.42. The van der Waals surface area contributed by atoms with Gasteiger partial charge in [0.15, 0.2) is 5.78 Å². The van der Waals surface area contributed by atoms with Crippen molar-refractivity contribution in [3.05, 3.63) is 76.4 Å². The first-order valence-electron chi connectivity index (χ1n) is 6.14. The molecule has 0 saturated carbocycles.